The first-order valence-electron chi connectivity index (χ1n) is 10.9. The lowest BCUT2D eigenvalue weighted by Crippen LogP contribution is -2.38. The van der Waals surface area contributed by atoms with Crippen LogP contribution in [-0.2, 0) is 4.74 Å². The minimum absolute atomic E-state index is 0.0332. The van der Waals surface area contributed by atoms with E-state index in [2.05, 4.69) is 39.7 Å². The molecule has 1 aliphatic heterocycles. The third-order valence-corrected chi connectivity index (χ3v) is 6.61. The molecule has 0 spiro atoms. The SMILES string of the molecule is CCC1CCC(c2n[nH]nc2C(=O)O)N1C(=O)OCC1c2ccccc2-c2ccccc21. The Morgan fingerprint density at radius 1 is 1.06 bits per heavy atom. The van der Waals surface area contributed by atoms with Gasteiger partial charge in [-0.1, -0.05) is 55.5 Å². The van der Waals surface area contributed by atoms with E-state index in [9.17, 15) is 14.7 Å². The van der Waals surface area contributed by atoms with Crippen LogP contribution in [0.5, 0.6) is 0 Å². The number of aromatic amines is 1. The summed E-state index contributed by atoms with van der Waals surface area (Å²) in [7, 11) is 0. The second kappa shape index (κ2) is 8.11. The molecule has 2 aromatic carbocycles. The second-order valence-electron chi connectivity index (χ2n) is 8.23. The molecule has 0 bridgehead atoms. The molecule has 2 N–H and O–H groups in total. The standard InChI is InChI=1S/C24H24N4O4/c1-2-14-11-12-20(21-22(23(29)30)26-27-25-21)28(14)24(31)32-13-19-17-9-5-3-7-15(17)16-8-4-6-10-18(16)19/h3-10,14,19-20H,2,11-13H2,1H3,(H,29,30)(H,25,26,27). The maximum atomic E-state index is 13.3. The van der Waals surface area contributed by atoms with Crippen molar-refractivity contribution in [1.29, 1.82) is 0 Å². The topological polar surface area (TPSA) is 108 Å². The van der Waals surface area contributed by atoms with E-state index in [0.717, 1.165) is 24.0 Å². The van der Waals surface area contributed by atoms with Crippen LogP contribution in [0.1, 0.15) is 65.5 Å². The summed E-state index contributed by atoms with van der Waals surface area (Å²) in [5, 5.41) is 19.6. The number of carbonyl (C=O) groups excluding carboxylic acids is 1. The molecule has 2 atom stereocenters. The normalized spacial score (nSPS) is 19.6. The van der Waals surface area contributed by atoms with E-state index in [1.54, 1.807) is 4.90 Å². The summed E-state index contributed by atoms with van der Waals surface area (Å²) in [5.74, 6) is -1.20. The van der Waals surface area contributed by atoms with Crippen LogP contribution < -0.4 is 0 Å². The second-order valence-corrected chi connectivity index (χ2v) is 8.23. The molecule has 1 fully saturated rings. The number of H-pyrrole nitrogens is 1. The minimum Gasteiger partial charge on any atom is -0.476 e. The van der Waals surface area contributed by atoms with E-state index >= 15 is 0 Å². The fraction of sp³-hybridized carbons (Fsp3) is 0.333. The van der Waals surface area contributed by atoms with Crippen molar-refractivity contribution in [2.75, 3.05) is 6.61 Å². The number of carbonyl (C=O) groups is 2. The maximum absolute atomic E-state index is 13.3. The largest absolute Gasteiger partial charge is 0.476 e. The number of likely N-dealkylation sites (tertiary alicyclic amines) is 1. The molecule has 8 heteroatoms. The van der Waals surface area contributed by atoms with E-state index < -0.39 is 18.1 Å². The van der Waals surface area contributed by atoms with E-state index in [4.69, 9.17) is 4.74 Å². The first-order valence-corrected chi connectivity index (χ1v) is 10.9. The number of carboxylic acids is 1. The Hall–Kier alpha value is -3.68. The number of aromatic carboxylic acids is 1. The zero-order valence-corrected chi connectivity index (χ0v) is 17.7. The molecule has 5 rings (SSSR count). The summed E-state index contributed by atoms with van der Waals surface area (Å²) in [6.07, 6.45) is 1.69. The van der Waals surface area contributed by atoms with Crippen molar-refractivity contribution in [1.82, 2.24) is 20.3 Å². The Morgan fingerprint density at radius 2 is 1.72 bits per heavy atom. The Labute approximate surface area is 185 Å². The van der Waals surface area contributed by atoms with Crippen LogP contribution in [0, 0.1) is 0 Å². The number of hydrogen-bond donors (Lipinski definition) is 2. The summed E-state index contributed by atoms with van der Waals surface area (Å²) >= 11 is 0. The van der Waals surface area contributed by atoms with E-state index in [1.165, 1.54) is 11.1 Å². The van der Waals surface area contributed by atoms with Gasteiger partial charge >= 0.3 is 12.1 Å². The van der Waals surface area contributed by atoms with Crippen LogP contribution in [-0.4, -0.2) is 50.1 Å². The number of hydrogen-bond acceptors (Lipinski definition) is 5. The summed E-state index contributed by atoms with van der Waals surface area (Å²) in [4.78, 5) is 26.5. The van der Waals surface area contributed by atoms with Crippen LogP contribution in [0.25, 0.3) is 11.1 Å². The molecule has 1 amide bonds. The Bertz CT molecular complexity index is 1130. The number of nitrogens with zero attached hydrogens (tertiary/aromatic N) is 3. The fourth-order valence-electron chi connectivity index (χ4n) is 5.13. The van der Waals surface area contributed by atoms with Gasteiger partial charge in [-0.3, -0.25) is 4.90 Å². The lowest BCUT2D eigenvalue weighted by molar-refractivity contribution is 0.0673. The fourth-order valence-corrected chi connectivity index (χ4v) is 5.13. The highest BCUT2D eigenvalue weighted by Gasteiger charge is 2.42. The smallest absolute Gasteiger partial charge is 0.410 e. The van der Waals surface area contributed by atoms with Gasteiger partial charge in [0.1, 0.15) is 12.3 Å². The molecule has 1 aliphatic carbocycles. The van der Waals surface area contributed by atoms with Crippen molar-refractivity contribution in [2.45, 2.75) is 44.2 Å². The monoisotopic (exact) mass is 432 g/mol. The van der Waals surface area contributed by atoms with Crippen molar-refractivity contribution in [3.8, 4) is 11.1 Å². The van der Waals surface area contributed by atoms with Gasteiger partial charge in [0.15, 0.2) is 5.69 Å². The average Bonchev–Trinajstić information content (AvgIpc) is 3.52. The molecule has 32 heavy (non-hydrogen) atoms. The van der Waals surface area contributed by atoms with Gasteiger partial charge in [-0.2, -0.15) is 10.3 Å². The molecule has 1 aromatic heterocycles. The Balaban J connectivity index is 1.39. The molecule has 2 unspecified atom stereocenters. The zero-order valence-electron chi connectivity index (χ0n) is 17.7. The predicted molar refractivity (Wildman–Crippen MR) is 116 cm³/mol. The van der Waals surface area contributed by atoms with Gasteiger partial charge in [-0.05, 0) is 41.5 Å². The van der Waals surface area contributed by atoms with E-state index in [0.29, 0.717) is 6.42 Å². The van der Waals surface area contributed by atoms with Crippen LogP contribution >= 0.6 is 0 Å². The Kier molecular flexibility index (Phi) is 5.13. The van der Waals surface area contributed by atoms with Gasteiger partial charge in [-0.15, -0.1) is 5.10 Å². The highest BCUT2D eigenvalue weighted by atomic mass is 16.6. The summed E-state index contributed by atoms with van der Waals surface area (Å²) < 4.78 is 5.87. The van der Waals surface area contributed by atoms with E-state index in [1.807, 2.05) is 31.2 Å². The van der Waals surface area contributed by atoms with Crippen LogP contribution in [0.2, 0.25) is 0 Å². The first kappa shape index (κ1) is 20.2. The number of ether oxygens (including phenoxy) is 1. The Morgan fingerprint density at radius 3 is 2.34 bits per heavy atom. The molecule has 0 saturated carbocycles. The number of fused-ring (bicyclic) bond motifs is 3. The first-order chi connectivity index (χ1) is 15.6. The van der Waals surface area contributed by atoms with Gasteiger partial charge in [0.25, 0.3) is 0 Å². The van der Waals surface area contributed by atoms with Crippen LogP contribution in [0.3, 0.4) is 0 Å². The number of rotatable bonds is 5. The molecule has 2 aliphatic rings. The lowest BCUT2D eigenvalue weighted by atomic mass is 9.98. The van der Waals surface area contributed by atoms with Gasteiger partial charge in [0, 0.05) is 12.0 Å². The number of aromatic nitrogens is 3. The zero-order chi connectivity index (χ0) is 22.2. The number of nitrogens with one attached hydrogen (secondary N) is 1. The van der Waals surface area contributed by atoms with Gasteiger partial charge < -0.3 is 9.84 Å². The molecular formula is C24H24N4O4. The van der Waals surface area contributed by atoms with Crippen molar-refractivity contribution in [3.63, 3.8) is 0 Å². The molecule has 3 aromatic rings. The van der Waals surface area contributed by atoms with Crippen molar-refractivity contribution in [3.05, 3.63) is 71.0 Å². The number of benzene rings is 2. The minimum atomic E-state index is -1.17. The molecule has 8 nitrogen and oxygen atoms in total. The van der Waals surface area contributed by atoms with Crippen molar-refractivity contribution < 1.29 is 19.4 Å². The number of amides is 1. The molecular weight excluding hydrogens is 408 g/mol. The lowest BCUT2D eigenvalue weighted by Gasteiger charge is -2.29. The third-order valence-electron chi connectivity index (χ3n) is 6.61. The third kappa shape index (κ3) is 3.23. The summed E-state index contributed by atoms with van der Waals surface area (Å²) in [6, 6.07) is 15.9. The van der Waals surface area contributed by atoms with Crippen LogP contribution in [0.4, 0.5) is 4.79 Å². The van der Waals surface area contributed by atoms with Crippen molar-refractivity contribution >= 4 is 12.1 Å². The average molecular weight is 432 g/mol. The van der Waals surface area contributed by atoms with Gasteiger partial charge in [-0.25, -0.2) is 9.59 Å². The highest BCUT2D eigenvalue weighted by molar-refractivity contribution is 5.87. The van der Waals surface area contributed by atoms with Crippen molar-refractivity contribution in [2.24, 2.45) is 0 Å². The molecule has 0 radical (unpaired) electrons. The van der Waals surface area contributed by atoms with Gasteiger partial charge in [0.2, 0.25) is 0 Å². The quantitative estimate of drug-likeness (QED) is 0.620. The van der Waals surface area contributed by atoms with Crippen LogP contribution in [0.15, 0.2) is 48.5 Å². The molecule has 164 valence electrons. The van der Waals surface area contributed by atoms with E-state index in [-0.39, 0.29) is 30.0 Å². The molecule has 2 heterocycles. The maximum Gasteiger partial charge on any atom is 0.410 e. The van der Waals surface area contributed by atoms with Gasteiger partial charge in [0.05, 0.1) is 6.04 Å². The summed E-state index contributed by atoms with van der Waals surface area (Å²) in [6.45, 7) is 2.23. The predicted octanol–water partition coefficient (Wildman–Crippen LogP) is 4.37. The molecule has 1 saturated heterocycles. The number of carboxylic acid groups (broad SMARTS) is 1. The highest BCUT2D eigenvalue weighted by Crippen LogP contribution is 2.45. The summed E-state index contributed by atoms with van der Waals surface area (Å²) in [5.41, 5.74) is 4.77.